The number of anilines is 1. The molecule has 3 nitrogen and oxygen atoms in total. The predicted octanol–water partition coefficient (Wildman–Crippen LogP) is 3.14. The largest absolute Gasteiger partial charge is 0.506 e. The molecule has 1 aromatic carbocycles. The van der Waals surface area contributed by atoms with Gasteiger partial charge in [-0.25, -0.2) is 0 Å². The van der Waals surface area contributed by atoms with E-state index in [-0.39, 0.29) is 11.5 Å². The van der Waals surface area contributed by atoms with Crippen LogP contribution in [0.5, 0.6) is 5.75 Å². The Morgan fingerprint density at radius 2 is 2.06 bits per heavy atom. The molecule has 2 N–H and O–H groups in total. The monoisotopic (exact) mass is 231 g/mol. The molecule has 0 unspecified atom stereocenters. The second kappa shape index (κ2) is 5.04. The third-order valence-electron chi connectivity index (χ3n) is 3.01. The van der Waals surface area contributed by atoms with Crippen molar-refractivity contribution in [1.29, 1.82) is 0 Å². The molecule has 0 saturated heterocycles. The zero-order valence-corrected chi connectivity index (χ0v) is 9.99. The number of hydrogen-bond acceptors (Lipinski definition) is 3. The summed E-state index contributed by atoms with van der Waals surface area (Å²) in [5.41, 5.74) is 2.55. The first-order chi connectivity index (χ1) is 8.16. The molecule has 1 aliphatic carbocycles. The lowest BCUT2D eigenvalue weighted by atomic mass is 9.94. The highest BCUT2D eigenvalue weighted by Gasteiger charge is 2.14. The van der Waals surface area contributed by atoms with Crippen molar-refractivity contribution in [2.45, 2.75) is 32.6 Å². The number of aromatic hydroxyl groups is 1. The van der Waals surface area contributed by atoms with Crippen LogP contribution >= 0.6 is 0 Å². The van der Waals surface area contributed by atoms with Gasteiger partial charge in [0.25, 0.3) is 0 Å². The van der Waals surface area contributed by atoms with Gasteiger partial charge in [-0.15, -0.1) is 0 Å². The van der Waals surface area contributed by atoms with Crippen molar-refractivity contribution >= 4 is 11.5 Å². The number of benzene rings is 1. The summed E-state index contributed by atoms with van der Waals surface area (Å²) < 4.78 is 0. The van der Waals surface area contributed by atoms with Gasteiger partial charge >= 0.3 is 0 Å². The molecule has 90 valence electrons. The second-order valence-electron chi connectivity index (χ2n) is 4.46. The Morgan fingerprint density at radius 3 is 2.82 bits per heavy atom. The Balaban J connectivity index is 2.13. The highest BCUT2D eigenvalue weighted by atomic mass is 16.3. The number of carbonyl (C=O) groups is 1. The molecule has 1 saturated carbocycles. The van der Waals surface area contributed by atoms with Crippen LogP contribution in [0.2, 0.25) is 0 Å². The summed E-state index contributed by atoms with van der Waals surface area (Å²) in [6.07, 6.45) is 5.27. The number of ketones is 1. The summed E-state index contributed by atoms with van der Waals surface area (Å²) in [6.45, 7) is 1.96. The smallest absolute Gasteiger partial charge is 0.160 e. The molecular formula is C14H17NO2. The van der Waals surface area contributed by atoms with E-state index in [4.69, 9.17) is 0 Å². The Morgan fingerprint density at radius 1 is 1.29 bits per heavy atom. The fourth-order valence-electron chi connectivity index (χ4n) is 1.98. The van der Waals surface area contributed by atoms with Crippen LogP contribution in [-0.4, -0.2) is 10.9 Å². The van der Waals surface area contributed by atoms with Gasteiger partial charge in [0.05, 0.1) is 5.69 Å². The number of aryl methyl sites for hydroxylation is 1. The lowest BCUT2D eigenvalue weighted by Gasteiger charge is -2.13. The van der Waals surface area contributed by atoms with Gasteiger partial charge in [0, 0.05) is 18.2 Å². The van der Waals surface area contributed by atoms with E-state index < -0.39 is 0 Å². The molecule has 0 amide bonds. The normalized spacial score (nSPS) is 18.4. The summed E-state index contributed by atoms with van der Waals surface area (Å²) >= 11 is 0. The molecular weight excluding hydrogens is 214 g/mol. The van der Waals surface area contributed by atoms with Crippen molar-refractivity contribution < 1.29 is 9.90 Å². The number of Topliss-reactive ketones (excluding diaryl/α,β-unsaturated/α-hetero) is 1. The van der Waals surface area contributed by atoms with Gasteiger partial charge in [0.1, 0.15) is 5.75 Å². The highest BCUT2D eigenvalue weighted by Crippen LogP contribution is 2.25. The molecule has 3 heteroatoms. The maximum Gasteiger partial charge on any atom is 0.160 e. The lowest BCUT2D eigenvalue weighted by molar-refractivity contribution is -0.116. The van der Waals surface area contributed by atoms with Crippen molar-refractivity contribution in [2.24, 2.45) is 0 Å². The van der Waals surface area contributed by atoms with Crippen molar-refractivity contribution in [1.82, 2.24) is 0 Å². The molecule has 1 aromatic rings. The zero-order chi connectivity index (χ0) is 12.3. The molecule has 2 rings (SSSR count). The van der Waals surface area contributed by atoms with Gasteiger partial charge in [-0.05, 0) is 43.9 Å². The van der Waals surface area contributed by atoms with Crippen molar-refractivity contribution in [3.05, 3.63) is 35.5 Å². The average molecular weight is 231 g/mol. The number of allylic oxidation sites excluding steroid dienone is 1. The fraction of sp³-hybridized carbons (Fsp3) is 0.357. The summed E-state index contributed by atoms with van der Waals surface area (Å²) in [5.74, 6) is 0.423. The SMILES string of the molecule is Cc1ccc(O)c(N/C=C2\CCCCC2=O)c1. The number of carbonyl (C=O) groups excluding carboxylic acids is 1. The number of phenols is 1. The highest BCUT2D eigenvalue weighted by molar-refractivity contribution is 5.96. The molecule has 1 aliphatic rings. The third kappa shape index (κ3) is 2.87. The van der Waals surface area contributed by atoms with Crippen LogP contribution < -0.4 is 5.32 Å². The van der Waals surface area contributed by atoms with Crippen LogP contribution in [0.25, 0.3) is 0 Å². The quantitative estimate of drug-likeness (QED) is 0.607. The molecule has 0 spiro atoms. The van der Waals surface area contributed by atoms with Gasteiger partial charge in [-0.3, -0.25) is 4.79 Å². The van der Waals surface area contributed by atoms with Crippen molar-refractivity contribution in [3.8, 4) is 5.75 Å². The molecule has 0 heterocycles. The van der Waals surface area contributed by atoms with Gasteiger partial charge in [0.15, 0.2) is 5.78 Å². The summed E-state index contributed by atoms with van der Waals surface area (Å²) in [7, 11) is 0. The Kier molecular flexibility index (Phi) is 3.47. The minimum absolute atomic E-state index is 0.204. The van der Waals surface area contributed by atoms with Gasteiger partial charge in [-0.2, -0.15) is 0 Å². The first kappa shape index (κ1) is 11.7. The molecule has 0 atom stereocenters. The molecule has 0 radical (unpaired) electrons. The van der Waals surface area contributed by atoms with Crippen LogP contribution in [0.4, 0.5) is 5.69 Å². The predicted molar refractivity (Wildman–Crippen MR) is 68.0 cm³/mol. The molecule has 1 fully saturated rings. The minimum Gasteiger partial charge on any atom is -0.506 e. The molecule has 17 heavy (non-hydrogen) atoms. The second-order valence-corrected chi connectivity index (χ2v) is 4.46. The zero-order valence-electron chi connectivity index (χ0n) is 9.99. The lowest BCUT2D eigenvalue weighted by Crippen LogP contribution is -2.09. The van der Waals surface area contributed by atoms with E-state index in [1.165, 1.54) is 0 Å². The summed E-state index contributed by atoms with van der Waals surface area (Å²) in [4.78, 5) is 11.6. The van der Waals surface area contributed by atoms with Crippen LogP contribution in [0.3, 0.4) is 0 Å². The number of nitrogens with one attached hydrogen (secondary N) is 1. The maximum atomic E-state index is 11.6. The van der Waals surface area contributed by atoms with Crippen LogP contribution in [0, 0.1) is 6.92 Å². The van der Waals surface area contributed by atoms with E-state index in [1.54, 1.807) is 12.3 Å². The van der Waals surface area contributed by atoms with E-state index in [2.05, 4.69) is 5.32 Å². The summed E-state index contributed by atoms with van der Waals surface area (Å²) in [5, 5.41) is 12.7. The third-order valence-corrected chi connectivity index (χ3v) is 3.01. The van der Waals surface area contributed by atoms with E-state index in [0.717, 1.165) is 30.4 Å². The van der Waals surface area contributed by atoms with E-state index in [9.17, 15) is 9.90 Å². The Hall–Kier alpha value is -1.77. The maximum absolute atomic E-state index is 11.6. The standard InChI is InChI=1S/C14H17NO2/c1-10-6-7-14(17)12(8-10)15-9-11-4-2-3-5-13(11)16/h6-9,15,17H,2-5H2,1H3/b11-9+. The van der Waals surface area contributed by atoms with Crippen molar-refractivity contribution in [3.63, 3.8) is 0 Å². The molecule has 0 bridgehead atoms. The van der Waals surface area contributed by atoms with Gasteiger partial charge in [-0.1, -0.05) is 6.07 Å². The van der Waals surface area contributed by atoms with Crippen LogP contribution in [-0.2, 0) is 4.79 Å². The van der Waals surface area contributed by atoms with Crippen LogP contribution in [0.15, 0.2) is 30.0 Å². The molecule has 0 aliphatic heterocycles. The van der Waals surface area contributed by atoms with Crippen LogP contribution in [0.1, 0.15) is 31.2 Å². The van der Waals surface area contributed by atoms with E-state index in [1.807, 2.05) is 19.1 Å². The Bertz CT molecular complexity index is 463. The summed E-state index contributed by atoms with van der Waals surface area (Å²) in [6, 6.07) is 5.36. The van der Waals surface area contributed by atoms with Crippen molar-refractivity contribution in [2.75, 3.05) is 5.32 Å². The number of hydrogen-bond donors (Lipinski definition) is 2. The van der Waals surface area contributed by atoms with E-state index in [0.29, 0.717) is 12.1 Å². The fourth-order valence-corrected chi connectivity index (χ4v) is 1.98. The van der Waals surface area contributed by atoms with E-state index >= 15 is 0 Å². The number of rotatable bonds is 2. The van der Waals surface area contributed by atoms with Gasteiger partial charge in [0.2, 0.25) is 0 Å². The first-order valence-corrected chi connectivity index (χ1v) is 5.95. The average Bonchev–Trinajstić information content (AvgIpc) is 2.32. The topological polar surface area (TPSA) is 49.3 Å². The minimum atomic E-state index is 0.204. The Labute approximate surface area is 101 Å². The first-order valence-electron chi connectivity index (χ1n) is 5.95. The number of phenolic OH excluding ortho intramolecular Hbond substituents is 1. The molecule has 0 aromatic heterocycles. The van der Waals surface area contributed by atoms with Gasteiger partial charge < -0.3 is 10.4 Å².